The average Bonchev–Trinajstić information content (AvgIpc) is 2.58. The molecule has 3 nitrogen and oxygen atoms in total. The highest BCUT2D eigenvalue weighted by atomic mass is 35.5. The fourth-order valence-electron chi connectivity index (χ4n) is 2.11. The molecule has 2 aromatic heterocycles. The van der Waals surface area contributed by atoms with Crippen LogP contribution in [-0.4, -0.2) is 14.8 Å². The number of hydrogen-bond donors (Lipinski definition) is 0. The Labute approximate surface area is 117 Å². The summed E-state index contributed by atoms with van der Waals surface area (Å²) in [5.41, 5.74) is 4.48. The first-order valence-corrected chi connectivity index (χ1v) is 6.61. The van der Waals surface area contributed by atoms with Gasteiger partial charge >= 0.3 is 0 Å². The molecule has 0 aromatic carbocycles. The highest BCUT2D eigenvalue weighted by molar-refractivity contribution is 6.34. The molecule has 0 aliphatic rings. The molecule has 0 fully saturated rings. The number of rotatable bonds is 3. The molecule has 0 amide bonds. The van der Waals surface area contributed by atoms with Crippen molar-refractivity contribution >= 4 is 23.2 Å². The second-order valence-corrected chi connectivity index (χ2v) is 5.05. The molecule has 2 aromatic rings. The lowest BCUT2D eigenvalue weighted by atomic mass is 10.1. The quantitative estimate of drug-likeness (QED) is 0.802. The number of aryl methyl sites for hydroxylation is 1. The normalized spacial score (nSPS) is 10.9. The smallest absolute Gasteiger partial charge is 0.130 e. The summed E-state index contributed by atoms with van der Waals surface area (Å²) in [6, 6.07) is 1.66. The molecule has 96 valence electrons. The number of hydrogen-bond acceptors (Lipinski definition) is 2. The van der Waals surface area contributed by atoms with Gasteiger partial charge in [0.05, 0.1) is 17.3 Å². The van der Waals surface area contributed by atoms with Gasteiger partial charge in [0, 0.05) is 17.5 Å². The van der Waals surface area contributed by atoms with Crippen molar-refractivity contribution in [3.8, 4) is 0 Å². The minimum absolute atomic E-state index is 0.409. The molecule has 18 heavy (non-hydrogen) atoms. The lowest BCUT2D eigenvalue weighted by molar-refractivity contribution is 0.656. The third kappa shape index (κ3) is 2.52. The molecule has 0 radical (unpaired) electrons. The molecule has 0 unspecified atom stereocenters. The zero-order chi connectivity index (χ0) is 13.3. The van der Waals surface area contributed by atoms with Gasteiger partial charge in [0.15, 0.2) is 0 Å². The maximum Gasteiger partial charge on any atom is 0.130 e. The highest BCUT2D eigenvalue weighted by Gasteiger charge is 2.11. The van der Waals surface area contributed by atoms with Gasteiger partial charge in [-0.1, -0.05) is 30.1 Å². The summed E-state index contributed by atoms with van der Waals surface area (Å²) >= 11 is 11.9. The SMILES string of the molecule is CCc1c(C)nn(Cc2cnc(Cl)cc2Cl)c1C. The number of aromatic nitrogens is 3. The highest BCUT2D eigenvalue weighted by Crippen LogP contribution is 2.21. The first-order chi connectivity index (χ1) is 8.52. The molecule has 0 aliphatic carbocycles. The van der Waals surface area contributed by atoms with E-state index in [-0.39, 0.29) is 0 Å². The molecule has 0 saturated carbocycles. The third-order valence-corrected chi connectivity index (χ3v) is 3.66. The van der Waals surface area contributed by atoms with Gasteiger partial charge < -0.3 is 0 Å². The first kappa shape index (κ1) is 13.4. The summed E-state index contributed by atoms with van der Waals surface area (Å²) < 4.78 is 1.96. The molecule has 2 rings (SSSR count). The molecule has 0 aliphatic heterocycles. The van der Waals surface area contributed by atoms with Crippen LogP contribution in [0.5, 0.6) is 0 Å². The van der Waals surface area contributed by atoms with Crippen LogP contribution in [0.25, 0.3) is 0 Å². The van der Waals surface area contributed by atoms with E-state index in [4.69, 9.17) is 23.2 Å². The second kappa shape index (κ2) is 5.29. The molecule has 0 atom stereocenters. The maximum atomic E-state index is 6.15. The lowest BCUT2D eigenvalue weighted by Gasteiger charge is -2.07. The van der Waals surface area contributed by atoms with Gasteiger partial charge in [0.25, 0.3) is 0 Å². The van der Waals surface area contributed by atoms with E-state index >= 15 is 0 Å². The van der Waals surface area contributed by atoms with Crippen LogP contribution < -0.4 is 0 Å². The topological polar surface area (TPSA) is 30.7 Å². The van der Waals surface area contributed by atoms with Crippen LogP contribution in [0.2, 0.25) is 10.2 Å². The Morgan fingerprint density at radius 2 is 2.00 bits per heavy atom. The monoisotopic (exact) mass is 283 g/mol. The summed E-state index contributed by atoms with van der Waals surface area (Å²) in [4.78, 5) is 4.06. The van der Waals surface area contributed by atoms with Gasteiger partial charge in [-0.05, 0) is 31.9 Å². The van der Waals surface area contributed by atoms with E-state index in [9.17, 15) is 0 Å². The van der Waals surface area contributed by atoms with Crippen LogP contribution in [0.4, 0.5) is 0 Å². The minimum Gasteiger partial charge on any atom is -0.265 e. The van der Waals surface area contributed by atoms with Crippen molar-refractivity contribution < 1.29 is 0 Å². The maximum absolute atomic E-state index is 6.15. The predicted octanol–water partition coefficient (Wildman–Crippen LogP) is 3.81. The third-order valence-electron chi connectivity index (χ3n) is 3.10. The number of nitrogens with zero attached hydrogens (tertiary/aromatic N) is 3. The molecule has 0 saturated heterocycles. The van der Waals surface area contributed by atoms with Crippen LogP contribution in [-0.2, 0) is 13.0 Å². The lowest BCUT2D eigenvalue weighted by Crippen LogP contribution is -2.05. The zero-order valence-corrected chi connectivity index (χ0v) is 12.2. The Hall–Kier alpha value is -1.06. The molecular formula is C13H15Cl2N3. The van der Waals surface area contributed by atoms with Crippen LogP contribution in [0.15, 0.2) is 12.3 Å². The Balaban J connectivity index is 2.34. The van der Waals surface area contributed by atoms with Gasteiger partial charge in [-0.3, -0.25) is 4.68 Å². The zero-order valence-electron chi connectivity index (χ0n) is 10.7. The van der Waals surface area contributed by atoms with Crippen molar-refractivity contribution in [2.45, 2.75) is 33.7 Å². The van der Waals surface area contributed by atoms with Crippen LogP contribution in [0.3, 0.4) is 0 Å². The standard InChI is InChI=1S/C13H15Cl2N3/c1-4-11-8(2)17-18(9(11)3)7-10-6-16-13(15)5-12(10)14/h5-6H,4,7H2,1-3H3. The average molecular weight is 284 g/mol. The van der Waals surface area contributed by atoms with E-state index in [1.54, 1.807) is 12.3 Å². The fraction of sp³-hybridized carbons (Fsp3) is 0.385. The van der Waals surface area contributed by atoms with Crippen molar-refractivity contribution in [2.75, 3.05) is 0 Å². The molecule has 0 N–H and O–H groups in total. The van der Waals surface area contributed by atoms with Gasteiger partial charge in [0.2, 0.25) is 0 Å². The summed E-state index contributed by atoms with van der Waals surface area (Å²) in [5, 5.41) is 5.57. The van der Waals surface area contributed by atoms with E-state index in [0.717, 1.165) is 17.7 Å². The van der Waals surface area contributed by atoms with Gasteiger partial charge in [-0.15, -0.1) is 0 Å². The van der Waals surface area contributed by atoms with Crippen molar-refractivity contribution in [3.63, 3.8) is 0 Å². The van der Waals surface area contributed by atoms with E-state index in [2.05, 4.69) is 23.9 Å². The Kier molecular flexibility index (Phi) is 3.93. The molecule has 0 spiro atoms. The van der Waals surface area contributed by atoms with Crippen molar-refractivity contribution in [3.05, 3.63) is 45.0 Å². The summed E-state index contributed by atoms with van der Waals surface area (Å²) in [7, 11) is 0. The van der Waals surface area contributed by atoms with E-state index < -0.39 is 0 Å². The fourth-order valence-corrected chi connectivity index (χ4v) is 2.54. The van der Waals surface area contributed by atoms with Crippen molar-refractivity contribution in [1.82, 2.24) is 14.8 Å². The van der Waals surface area contributed by atoms with E-state index in [0.29, 0.717) is 16.7 Å². The van der Waals surface area contributed by atoms with Crippen LogP contribution in [0, 0.1) is 13.8 Å². The predicted molar refractivity (Wildman–Crippen MR) is 74.4 cm³/mol. The van der Waals surface area contributed by atoms with E-state index in [1.807, 2.05) is 11.6 Å². The number of halogens is 2. The van der Waals surface area contributed by atoms with Gasteiger partial charge in [0.1, 0.15) is 5.15 Å². The first-order valence-electron chi connectivity index (χ1n) is 5.85. The van der Waals surface area contributed by atoms with Crippen LogP contribution >= 0.6 is 23.2 Å². The Morgan fingerprint density at radius 1 is 1.28 bits per heavy atom. The Bertz CT molecular complexity index is 576. The molecule has 2 heterocycles. The Morgan fingerprint density at radius 3 is 2.56 bits per heavy atom. The van der Waals surface area contributed by atoms with Crippen LogP contribution in [0.1, 0.15) is 29.4 Å². The van der Waals surface area contributed by atoms with Crippen molar-refractivity contribution in [1.29, 1.82) is 0 Å². The summed E-state index contributed by atoms with van der Waals surface area (Å²) in [5.74, 6) is 0. The van der Waals surface area contributed by atoms with Crippen molar-refractivity contribution in [2.24, 2.45) is 0 Å². The van der Waals surface area contributed by atoms with Gasteiger partial charge in [-0.2, -0.15) is 5.10 Å². The largest absolute Gasteiger partial charge is 0.265 e. The molecule has 0 bridgehead atoms. The summed E-state index contributed by atoms with van der Waals surface area (Å²) in [6.45, 7) is 6.87. The second-order valence-electron chi connectivity index (χ2n) is 4.26. The molecular weight excluding hydrogens is 269 g/mol. The molecule has 5 heteroatoms. The minimum atomic E-state index is 0.409. The van der Waals surface area contributed by atoms with Gasteiger partial charge in [-0.25, -0.2) is 4.98 Å². The van der Waals surface area contributed by atoms with E-state index in [1.165, 1.54) is 11.3 Å². The summed E-state index contributed by atoms with van der Waals surface area (Å²) in [6.07, 6.45) is 2.69. The number of pyridine rings is 1.